The largest absolute Gasteiger partial charge is 0.495 e. The molecule has 2 rings (SSSR count). The molecule has 0 bridgehead atoms. The van der Waals surface area contributed by atoms with Gasteiger partial charge in [0.2, 0.25) is 17.7 Å². The van der Waals surface area contributed by atoms with Gasteiger partial charge in [-0.25, -0.2) is 0 Å². The smallest absolute Gasteiger partial charge is 0.238 e. The van der Waals surface area contributed by atoms with Crippen molar-refractivity contribution in [2.75, 3.05) is 43.2 Å². The third kappa shape index (κ3) is 7.44. The number of hydrogen-bond acceptors (Lipinski definition) is 5. The molecule has 3 N–H and O–H groups in total. The van der Waals surface area contributed by atoms with Crippen LogP contribution in [0.5, 0.6) is 5.75 Å². The summed E-state index contributed by atoms with van der Waals surface area (Å²) in [6.07, 6.45) is 0. The van der Waals surface area contributed by atoms with Crippen LogP contribution in [-0.4, -0.2) is 49.9 Å². The standard InChI is InChI=1S/C20H23ClN4O4/c1-13(26)22-15-5-7-16(8-6-15)23-19(27)11-25(2)12-20(28)24-17-10-14(21)4-9-18(17)29-3/h4-10H,11-12H2,1-3H3,(H,22,26)(H,23,27)(H,24,28). The highest BCUT2D eigenvalue weighted by atomic mass is 35.5. The van der Waals surface area contributed by atoms with Crippen LogP contribution in [0, 0.1) is 0 Å². The highest BCUT2D eigenvalue weighted by molar-refractivity contribution is 6.31. The molecule has 8 nitrogen and oxygen atoms in total. The van der Waals surface area contributed by atoms with E-state index in [1.807, 2.05) is 0 Å². The van der Waals surface area contributed by atoms with Crippen molar-refractivity contribution in [2.45, 2.75) is 6.92 Å². The summed E-state index contributed by atoms with van der Waals surface area (Å²) in [6.45, 7) is 1.45. The monoisotopic (exact) mass is 418 g/mol. The normalized spacial score (nSPS) is 10.4. The van der Waals surface area contributed by atoms with Crippen molar-refractivity contribution in [3.63, 3.8) is 0 Å². The maximum absolute atomic E-state index is 12.3. The average Bonchev–Trinajstić information content (AvgIpc) is 2.62. The first-order valence-electron chi connectivity index (χ1n) is 8.76. The summed E-state index contributed by atoms with van der Waals surface area (Å²) in [5.74, 6) is -0.253. The van der Waals surface area contributed by atoms with E-state index in [-0.39, 0.29) is 30.8 Å². The Balaban J connectivity index is 1.84. The molecule has 3 amide bonds. The Morgan fingerprint density at radius 3 is 2.03 bits per heavy atom. The van der Waals surface area contributed by atoms with Crippen LogP contribution in [0.3, 0.4) is 0 Å². The number of rotatable bonds is 8. The fourth-order valence-electron chi connectivity index (χ4n) is 2.55. The predicted molar refractivity (Wildman–Crippen MR) is 114 cm³/mol. The molecule has 0 heterocycles. The van der Waals surface area contributed by atoms with Gasteiger partial charge in [-0.05, 0) is 49.5 Å². The zero-order chi connectivity index (χ0) is 21.4. The fourth-order valence-corrected chi connectivity index (χ4v) is 2.73. The van der Waals surface area contributed by atoms with Gasteiger partial charge in [-0.3, -0.25) is 19.3 Å². The summed E-state index contributed by atoms with van der Waals surface area (Å²) in [7, 11) is 3.16. The molecule has 29 heavy (non-hydrogen) atoms. The number of halogens is 1. The lowest BCUT2D eigenvalue weighted by Crippen LogP contribution is -2.36. The van der Waals surface area contributed by atoms with Crippen LogP contribution in [0.1, 0.15) is 6.92 Å². The Labute approximate surface area is 174 Å². The molecular formula is C20H23ClN4O4. The topological polar surface area (TPSA) is 99.8 Å². The lowest BCUT2D eigenvalue weighted by Gasteiger charge is -2.17. The highest BCUT2D eigenvalue weighted by Gasteiger charge is 2.13. The molecule has 9 heteroatoms. The average molecular weight is 419 g/mol. The van der Waals surface area contributed by atoms with Crippen LogP contribution in [0.25, 0.3) is 0 Å². The van der Waals surface area contributed by atoms with Gasteiger partial charge < -0.3 is 20.7 Å². The summed E-state index contributed by atoms with van der Waals surface area (Å²) in [5.41, 5.74) is 1.69. The lowest BCUT2D eigenvalue weighted by atomic mass is 10.2. The van der Waals surface area contributed by atoms with Crippen molar-refractivity contribution >= 4 is 46.4 Å². The van der Waals surface area contributed by atoms with Crippen LogP contribution in [0.15, 0.2) is 42.5 Å². The molecule has 2 aromatic rings. The van der Waals surface area contributed by atoms with E-state index < -0.39 is 0 Å². The molecule has 0 saturated heterocycles. The Kier molecular flexibility index (Phi) is 7.99. The summed E-state index contributed by atoms with van der Waals surface area (Å²) in [4.78, 5) is 37.0. The molecule has 2 aromatic carbocycles. The number of hydrogen-bond donors (Lipinski definition) is 3. The van der Waals surface area contributed by atoms with Gasteiger partial charge in [-0.1, -0.05) is 11.6 Å². The number of likely N-dealkylation sites (N-methyl/N-ethyl adjacent to an activating group) is 1. The van der Waals surface area contributed by atoms with Crippen LogP contribution in [0.2, 0.25) is 5.02 Å². The van der Waals surface area contributed by atoms with Gasteiger partial charge in [0.05, 0.1) is 25.9 Å². The number of amides is 3. The Hall–Kier alpha value is -3.10. The minimum Gasteiger partial charge on any atom is -0.495 e. The maximum Gasteiger partial charge on any atom is 0.238 e. The van der Waals surface area contributed by atoms with E-state index in [1.54, 1.807) is 54.4 Å². The van der Waals surface area contributed by atoms with Gasteiger partial charge >= 0.3 is 0 Å². The van der Waals surface area contributed by atoms with Crippen LogP contribution < -0.4 is 20.7 Å². The molecule has 0 atom stereocenters. The first-order chi connectivity index (χ1) is 13.8. The first kappa shape index (κ1) is 22.2. The van der Waals surface area contributed by atoms with Crippen LogP contribution >= 0.6 is 11.6 Å². The second kappa shape index (κ2) is 10.4. The third-order valence-corrected chi connectivity index (χ3v) is 3.99. The molecule has 0 radical (unpaired) electrons. The zero-order valence-electron chi connectivity index (χ0n) is 16.4. The van der Waals surface area contributed by atoms with Gasteiger partial charge in [-0.15, -0.1) is 0 Å². The Morgan fingerprint density at radius 2 is 1.48 bits per heavy atom. The summed E-state index contributed by atoms with van der Waals surface area (Å²) < 4.78 is 5.19. The van der Waals surface area contributed by atoms with E-state index in [1.165, 1.54) is 14.0 Å². The minimum absolute atomic E-state index is 0.00452. The van der Waals surface area contributed by atoms with E-state index in [2.05, 4.69) is 16.0 Å². The molecule has 0 saturated carbocycles. The molecule has 0 aliphatic heterocycles. The lowest BCUT2D eigenvalue weighted by molar-refractivity contribution is -0.119. The molecule has 0 unspecified atom stereocenters. The van der Waals surface area contributed by atoms with Gasteiger partial charge in [0.1, 0.15) is 5.75 Å². The number of anilines is 3. The van der Waals surface area contributed by atoms with Crippen molar-refractivity contribution in [3.8, 4) is 5.75 Å². The van der Waals surface area contributed by atoms with Gasteiger partial charge in [0.25, 0.3) is 0 Å². The van der Waals surface area contributed by atoms with Crippen molar-refractivity contribution in [1.29, 1.82) is 0 Å². The number of ether oxygens (including phenoxy) is 1. The highest BCUT2D eigenvalue weighted by Crippen LogP contribution is 2.27. The number of nitrogens with zero attached hydrogens (tertiary/aromatic N) is 1. The van der Waals surface area contributed by atoms with Crippen LogP contribution in [0.4, 0.5) is 17.1 Å². The SMILES string of the molecule is COc1ccc(Cl)cc1NC(=O)CN(C)CC(=O)Nc1ccc(NC(C)=O)cc1. The minimum atomic E-state index is -0.305. The van der Waals surface area contributed by atoms with Gasteiger partial charge in [-0.2, -0.15) is 0 Å². The number of methoxy groups -OCH3 is 1. The summed E-state index contributed by atoms with van der Waals surface area (Å²) in [5, 5.41) is 8.58. The molecule has 0 spiro atoms. The maximum atomic E-state index is 12.3. The first-order valence-corrected chi connectivity index (χ1v) is 9.14. The van der Waals surface area contributed by atoms with Crippen molar-refractivity contribution in [1.82, 2.24) is 4.90 Å². The second-order valence-corrected chi connectivity index (χ2v) is 6.81. The van der Waals surface area contributed by atoms with E-state index in [9.17, 15) is 14.4 Å². The third-order valence-electron chi connectivity index (χ3n) is 3.75. The van der Waals surface area contributed by atoms with Crippen molar-refractivity contribution < 1.29 is 19.1 Å². The van der Waals surface area contributed by atoms with Crippen LogP contribution in [-0.2, 0) is 14.4 Å². The van der Waals surface area contributed by atoms with Gasteiger partial charge in [0, 0.05) is 23.3 Å². The molecule has 0 fully saturated rings. The molecule has 0 aliphatic carbocycles. The molecule has 0 aromatic heterocycles. The predicted octanol–water partition coefficient (Wildman–Crippen LogP) is 2.82. The van der Waals surface area contributed by atoms with E-state index >= 15 is 0 Å². The summed E-state index contributed by atoms with van der Waals surface area (Å²) in [6, 6.07) is 11.7. The van der Waals surface area contributed by atoms with Gasteiger partial charge in [0.15, 0.2) is 0 Å². The Bertz CT molecular complexity index is 887. The number of nitrogens with one attached hydrogen (secondary N) is 3. The molecule has 154 valence electrons. The molecular weight excluding hydrogens is 396 g/mol. The van der Waals surface area contributed by atoms with E-state index in [4.69, 9.17) is 16.3 Å². The van der Waals surface area contributed by atoms with E-state index in [0.717, 1.165) is 0 Å². The quantitative estimate of drug-likeness (QED) is 0.612. The number of carbonyl (C=O) groups is 3. The van der Waals surface area contributed by atoms with E-state index in [0.29, 0.717) is 27.8 Å². The summed E-state index contributed by atoms with van der Waals surface area (Å²) >= 11 is 5.95. The number of carbonyl (C=O) groups excluding carboxylic acids is 3. The van der Waals surface area contributed by atoms with Crippen molar-refractivity contribution in [3.05, 3.63) is 47.5 Å². The number of benzene rings is 2. The fraction of sp³-hybridized carbons (Fsp3) is 0.250. The zero-order valence-corrected chi connectivity index (χ0v) is 17.2. The Morgan fingerprint density at radius 1 is 0.931 bits per heavy atom. The molecule has 0 aliphatic rings. The second-order valence-electron chi connectivity index (χ2n) is 6.37. The van der Waals surface area contributed by atoms with Crippen molar-refractivity contribution in [2.24, 2.45) is 0 Å².